The van der Waals surface area contributed by atoms with Crippen molar-refractivity contribution in [2.75, 3.05) is 50.9 Å². The second-order valence-corrected chi connectivity index (χ2v) is 11.9. The topological polar surface area (TPSA) is 95.9 Å². The van der Waals surface area contributed by atoms with Gasteiger partial charge in [-0.3, -0.25) is 9.88 Å². The van der Waals surface area contributed by atoms with E-state index in [0.29, 0.717) is 49.7 Å². The van der Waals surface area contributed by atoms with E-state index in [-0.39, 0.29) is 40.6 Å². The van der Waals surface area contributed by atoms with Crippen LogP contribution in [0.2, 0.25) is 0 Å². The molecule has 212 valence electrons. The summed E-state index contributed by atoms with van der Waals surface area (Å²) in [7, 11) is 0. The van der Waals surface area contributed by atoms with Crippen LogP contribution in [0.25, 0.3) is 32.9 Å². The van der Waals surface area contributed by atoms with Gasteiger partial charge in [0.25, 0.3) is 0 Å². The van der Waals surface area contributed by atoms with Crippen molar-refractivity contribution in [1.82, 2.24) is 25.2 Å². The number of phenolic OH excluding ortho intramolecular Hbond substituents is 1. The molecule has 2 aromatic carbocycles. The normalized spacial score (nSPS) is 23.8. The van der Waals surface area contributed by atoms with Gasteiger partial charge < -0.3 is 24.8 Å². The first kappa shape index (κ1) is 25.1. The number of morpholine rings is 1. The minimum Gasteiger partial charge on any atom is -0.508 e. The van der Waals surface area contributed by atoms with E-state index in [0.717, 1.165) is 36.7 Å². The molecule has 41 heavy (non-hydrogen) atoms. The number of hydrogen-bond acceptors (Lipinski definition) is 9. The standard InChI is InChI=1S/C31H33FN6O3/c32-26-27(24-12-22(39)11-19-5-1-2-6-23(19)24)33-13-25-28(26)35-30(41-18-31-7-3-9-38(31)10-4-8-31)36-29(25)37-14-20-16-40-17-21(15-37)34-20/h1-2,5-6,11-13,20-21,34,39H,3-4,7-10,14-18H2. The van der Waals surface area contributed by atoms with E-state index in [9.17, 15) is 5.11 Å². The molecule has 0 spiro atoms. The number of fused-ring (bicyclic) bond motifs is 5. The van der Waals surface area contributed by atoms with Crippen molar-refractivity contribution >= 4 is 27.5 Å². The van der Waals surface area contributed by atoms with Crippen LogP contribution in [0.1, 0.15) is 25.7 Å². The number of nitrogens with one attached hydrogen (secondary N) is 1. The Morgan fingerprint density at radius 3 is 2.63 bits per heavy atom. The molecule has 4 aliphatic rings. The van der Waals surface area contributed by atoms with Gasteiger partial charge in [-0.25, -0.2) is 4.39 Å². The highest BCUT2D eigenvalue weighted by Crippen LogP contribution is 2.40. The summed E-state index contributed by atoms with van der Waals surface area (Å²) in [6.45, 7) is 5.30. The molecule has 4 aromatic rings. The van der Waals surface area contributed by atoms with E-state index in [1.54, 1.807) is 18.3 Å². The number of anilines is 1. The molecule has 0 saturated carbocycles. The molecule has 2 aromatic heterocycles. The van der Waals surface area contributed by atoms with Gasteiger partial charge in [-0.05, 0) is 61.7 Å². The number of rotatable bonds is 5. The molecule has 0 amide bonds. The zero-order chi connectivity index (χ0) is 27.6. The minimum atomic E-state index is -0.549. The number of phenols is 1. The molecule has 8 rings (SSSR count). The van der Waals surface area contributed by atoms with Crippen LogP contribution in [-0.4, -0.2) is 88.6 Å². The Hall–Kier alpha value is -3.60. The molecule has 4 aliphatic heterocycles. The molecule has 0 aliphatic carbocycles. The van der Waals surface area contributed by atoms with E-state index < -0.39 is 5.82 Å². The fourth-order valence-electron chi connectivity index (χ4n) is 7.44. The lowest BCUT2D eigenvalue weighted by molar-refractivity contribution is 0.0374. The Kier molecular flexibility index (Phi) is 5.98. The van der Waals surface area contributed by atoms with Crippen LogP contribution in [0, 0.1) is 5.82 Å². The summed E-state index contributed by atoms with van der Waals surface area (Å²) in [6, 6.07) is 11.3. The van der Waals surface area contributed by atoms with Crippen LogP contribution in [0.15, 0.2) is 42.6 Å². The summed E-state index contributed by atoms with van der Waals surface area (Å²) in [6.07, 6.45) is 6.19. The summed E-state index contributed by atoms with van der Waals surface area (Å²) in [5.41, 5.74) is 0.851. The van der Waals surface area contributed by atoms with E-state index in [4.69, 9.17) is 14.5 Å². The van der Waals surface area contributed by atoms with Crippen molar-refractivity contribution in [3.05, 3.63) is 48.4 Å². The lowest BCUT2D eigenvalue weighted by Crippen LogP contribution is -2.63. The average Bonchev–Trinajstić information content (AvgIpc) is 3.56. The Morgan fingerprint density at radius 2 is 1.83 bits per heavy atom. The maximum atomic E-state index is 16.6. The average molecular weight is 557 g/mol. The van der Waals surface area contributed by atoms with Gasteiger partial charge in [0.1, 0.15) is 29.4 Å². The molecule has 4 fully saturated rings. The second-order valence-electron chi connectivity index (χ2n) is 11.9. The molecule has 0 radical (unpaired) electrons. The third-order valence-corrected chi connectivity index (χ3v) is 9.32. The quantitative estimate of drug-likeness (QED) is 0.380. The predicted molar refractivity (Wildman–Crippen MR) is 154 cm³/mol. The Balaban J connectivity index is 1.25. The van der Waals surface area contributed by atoms with Crippen molar-refractivity contribution in [1.29, 1.82) is 0 Å². The SMILES string of the molecule is Oc1cc(-c2ncc3c(N4CC5COCC(C4)N5)nc(OCC45CCCN4CCC5)nc3c2F)c2ccccc2c1. The van der Waals surface area contributed by atoms with E-state index in [2.05, 4.69) is 25.1 Å². The van der Waals surface area contributed by atoms with Gasteiger partial charge in [-0.2, -0.15) is 9.97 Å². The van der Waals surface area contributed by atoms with Crippen molar-refractivity contribution in [3.8, 4) is 23.0 Å². The monoisotopic (exact) mass is 556 g/mol. The molecule has 2 unspecified atom stereocenters. The van der Waals surface area contributed by atoms with Crippen LogP contribution in [0.5, 0.6) is 11.8 Å². The minimum absolute atomic E-state index is 0.0182. The molecule has 10 heteroatoms. The summed E-state index contributed by atoms with van der Waals surface area (Å²) >= 11 is 0. The zero-order valence-corrected chi connectivity index (χ0v) is 22.9. The van der Waals surface area contributed by atoms with Gasteiger partial charge in [0.2, 0.25) is 0 Å². The molecule has 6 heterocycles. The van der Waals surface area contributed by atoms with Crippen LogP contribution in [-0.2, 0) is 4.74 Å². The number of nitrogens with zero attached hydrogens (tertiary/aromatic N) is 5. The summed E-state index contributed by atoms with van der Waals surface area (Å²) < 4.78 is 28.7. The van der Waals surface area contributed by atoms with Crippen molar-refractivity contribution in [2.45, 2.75) is 43.3 Å². The van der Waals surface area contributed by atoms with Crippen LogP contribution < -0.4 is 15.0 Å². The lowest BCUT2D eigenvalue weighted by Gasteiger charge is -2.42. The Morgan fingerprint density at radius 1 is 1.05 bits per heavy atom. The van der Waals surface area contributed by atoms with Crippen LogP contribution in [0.3, 0.4) is 0 Å². The number of halogens is 1. The second kappa shape index (κ2) is 9.75. The first-order chi connectivity index (χ1) is 20.1. The molecule has 2 atom stereocenters. The van der Waals surface area contributed by atoms with Crippen LogP contribution >= 0.6 is 0 Å². The maximum absolute atomic E-state index is 16.6. The fourth-order valence-corrected chi connectivity index (χ4v) is 7.44. The number of pyridine rings is 1. The molecular formula is C31H33FN6O3. The van der Waals surface area contributed by atoms with Crippen molar-refractivity contribution < 1.29 is 19.0 Å². The Bertz CT molecular complexity index is 1630. The summed E-state index contributed by atoms with van der Waals surface area (Å²) in [4.78, 5) is 18.9. The molecular weight excluding hydrogens is 523 g/mol. The maximum Gasteiger partial charge on any atom is 0.319 e. The van der Waals surface area contributed by atoms with Gasteiger partial charge in [0.05, 0.1) is 24.1 Å². The Labute approximate surface area is 237 Å². The molecule has 9 nitrogen and oxygen atoms in total. The van der Waals surface area contributed by atoms with Crippen LogP contribution in [0.4, 0.5) is 10.2 Å². The molecule has 2 bridgehead atoms. The summed E-state index contributed by atoms with van der Waals surface area (Å²) in [5.74, 6) is 0.139. The highest BCUT2D eigenvalue weighted by molar-refractivity contribution is 5.99. The number of hydrogen-bond donors (Lipinski definition) is 2. The number of aromatic nitrogens is 3. The number of aromatic hydroxyl groups is 1. The van der Waals surface area contributed by atoms with E-state index >= 15 is 4.39 Å². The van der Waals surface area contributed by atoms with Gasteiger partial charge in [0.15, 0.2) is 5.82 Å². The smallest absolute Gasteiger partial charge is 0.319 e. The molecule has 2 N–H and O–H groups in total. The third-order valence-electron chi connectivity index (χ3n) is 9.32. The number of ether oxygens (including phenoxy) is 2. The fraction of sp³-hybridized carbons (Fsp3) is 0.452. The zero-order valence-electron chi connectivity index (χ0n) is 22.9. The summed E-state index contributed by atoms with van der Waals surface area (Å²) in [5, 5.41) is 16.2. The highest BCUT2D eigenvalue weighted by Gasteiger charge is 2.45. The first-order valence-electron chi connectivity index (χ1n) is 14.6. The predicted octanol–water partition coefficient (Wildman–Crippen LogP) is 3.87. The van der Waals surface area contributed by atoms with Crippen molar-refractivity contribution in [3.63, 3.8) is 0 Å². The number of benzene rings is 2. The van der Waals surface area contributed by atoms with Crippen molar-refractivity contribution in [2.24, 2.45) is 0 Å². The lowest BCUT2D eigenvalue weighted by atomic mass is 9.95. The van der Waals surface area contributed by atoms with Gasteiger partial charge >= 0.3 is 6.01 Å². The first-order valence-corrected chi connectivity index (χ1v) is 14.6. The largest absolute Gasteiger partial charge is 0.508 e. The highest BCUT2D eigenvalue weighted by atomic mass is 19.1. The number of piperazine rings is 1. The van der Waals surface area contributed by atoms with E-state index in [1.165, 1.54) is 12.8 Å². The van der Waals surface area contributed by atoms with Gasteiger partial charge in [0, 0.05) is 36.9 Å². The third kappa shape index (κ3) is 4.27. The molecule has 4 saturated heterocycles. The van der Waals surface area contributed by atoms with Gasteiger partial charge in [-0.1, -0.05) is 24.3 Å². The van der Waals surface area contributed by atoms with Gasteiger partial charge in [-0.15, -0.1) is 0 Å². The van der Waals surface area contributed by atoms with E-state index in [1.807, 2.05) is 24.3 Å².